The third kappa shape index (κ3) is 5.13. The molecule has 1 heterocycles. The van der Waals surface area contributed by atoms with Gasteiger partial charge in [-0.3, -0.25) is 19.7 Å². The van der Waals surface area contributed by atoms with Gasteiger partial charge in [0.05, 0.1) is 11.1 Å². The molecule has 9 heteroatoms. The van der Waals surface area contributed by atoms with Crippen molar-refractivity contribution in [2.75, 3.05) is 5.32 Å². The Labute approximate surface area is 165 Å². The maximum Gasteiger partial charge on any atom is 0.271 e. The molecule has 3 rings (SSSR count). The summed E-state index contributed by atoms with van der Waals surface area (Å²) in [6, 6.07) is 15.7. The summed E-state index contributed by atoms with van der Waals surface area (Å²) in [5, 5.41) is 17.2. The Hall–Kier alpha value is -4.27. The normalized spacial score (nSPS) is 10.7. The second-order valence-electron chi connectivity index (χ2n) is 5.97. The summed E-state index contributed by atoms with van der Waals surface area (Å²) in [5.74, 6) is 0.221. The minimum atomic E-state index is -0.474. The Morgan fingerprint density at radius 3 is 2.55 bits per heavy atom. The Bertz CT molecular complexity index is 1090. The zero-order valence-electron chi connectivity index (χ0n) is 15.3. The lowest BCUT2D eigenvalue weighted by Crippen LogP contribution is -2.18. The Kier molecular flexibility index (Phi) is 5.79. The van der Waals surface area contributed by atoms with Crippen LogP contribution < -0.4 is 10.7 Å². The van der Waals surface area contributed by atoms with Crippen molar-refractivity contribution < 1.29 is 18.9 Å². The van der Waals surface area contributed by atoms with Crippen LogP contribution in [0.3, 0.4) is 0 Å². The first-order chi connectivity index (χ1) is 13.9. The molecule has 0 saturated carbocycles. The molecule has 0 atom stereocenters. The van der Waals surface area contributed by atoms with Crippen LogP contribution in [0, 0.1) is 10.1 Å². The summed E-state index contributed by atoms with van der Waals surface area (Å²) in [4.78, 5) is 33.5. The predicted molar refractivity (Wildman–Crippen MR) is 107 cm³/mol. The van der Waals surface area contributed by atoms with Gasteiger partial charge in [-0.05, 0) is 42.5 Å². The van der Waals surface area contributed by atoms with E-state index in [9.17, 15) is 19.7 Å². The number of nitrogens with zero attached hydrogens (tertiary/aromatic N) is 2. The van der Waals surface area contributed by atoms with Gasteiger partial charge < -0.3 is 9.73 Å². The highest BCUT2D eigenvalue weighted by Crippen LogP contribution is 2.24. The molecule has 0 bridgehead atoms. The van der Waals surface area contributed by atoms with E-state index in [2.05, 4.69) is 15.8 Å². The molecule has 2 amide bonds. The van der Waals surface area contributed by atoms with Crippen molar-refractivity contribution in [2.45, 2.75) is 6.92 Å². The SMILES string of the molecule is CC(=O)Nc1cccc(C(=O)N/N=C\c2ccc(-c3ccc([N+](=O)[O-])cc3)o2)c1. The monoisotopic (exact) mass is 392 g/mol. The summed E-state index contributed by atoms with van der Waals surface area (Å²) in [7, 11) is 0. The number of hydrogen-bond donors (Lipinski definition) is 2. The van der Waals surface area contributed by atoms with Crippen molar-refractivity contribution in [1.82, 2.24) is 5.43 Å². The lowest BCUT2D eigenvalue weighted by atomic mass is 10.1. The van der Waals surface area contributed by atoms with E-state index in [0.717, 1.165) is 0 Å². The quantitative estimate of drug-likeness (QED) is 0.377. The van der Waals surface area contributed by atoms with Gasteiger partial charge in [0.25, 0.3) is 11.6 Å². The van der Waals surface area contributed by atoms with E-state index in [1.165, 1.54) is 31.3 Å². The van der Waals surface area contributed by atoms with E-state index in [0.29, 0.717) is 28.3 Å². The molecule has 0 unspecified atom stereocenters. The number of anilines is 1. The Morgan fingerprint density at radius 1 is 1.10 bits per heavy atom. The molecule has 0 aliphatic rings. The van der Waals surface area contributed by atoms with Gasteiger partial charge in [-0.2, -0.15) is 5.10 Å². The first-order valence-electron chi connectivity index (χ1n) is 8.48. The van der Waals surface area contributed by atoms with E-state index < -0.39 is 10.8 Å². The number of nitro benzene ring substituents is 1. The topological polar surface area (TPSA) is 127 Å². The number of hydrazone groups is 1. The van der Waals surface area contributed by atoms with Crippen molar-refractivity contribution in [3.05, 3.63) is 82.1 Å². The van der Waals surface area contributed by atoms with Gasteiger partial charge in [-0.25, -0.2) is 5.43 Å². The number of carbonyl (C=O) groups excluding carboxylic acids is 2. The third-order valence-corrected chi connectivity index (χ3v) is 3.79. The molecule has 146 valence electrons. The Balaban J connectivity index is 1.63. The number of amides is 2. The average molecular weight is 392 g/mol. The van der Waals surface area contributed by atoms with Gasteiger partial charge in [-0.1, -0.05) is 6.07 Å². The Morgan fingerprint density at radius 2 is 1.86 bits per heavy atom. The van der Waals surface area contributed by atoms with Crippen LogP contribution in [0.4, 0.5) is 11.4 Å². The largest absolute Gasteiger partial charge is 0.455 e. The van der Waals surface area contributed by atoms with Crippen LogP contribution in [0.1, 0.15) is 23.0 Å². The molecule has 0 spiro atoms. The first kappa shape index (κ1) is 19.5. The van der Waals surface area contributed by atoms with Crippen molar-refractivity contribution in [2.24, 2.45) is 5.10 Å². The smallest absolute Gasteiger partial charge is 0.271 e. The van der Waals surface area contributed by atoms with Gasteiger partial charge >= 0.3 is 0 Å². The predicted octanol–water partition coefficient (Wildman–Crippen LogP) is 3.58. The number of benzene rings is 2. The van der Waals surface area contributed by atoms with Crippen LogP contribution in [0.25, 0.3) is 11.3 Å². The van der Waals surface area contributed by atoms with Crippen molar-refractivity contribution in [3.63, 3.8) is 0 Å². The van der Waals surface area contributed by atoms with E-state index >= 15 is 0 Å². The fraction of sp³-hybridized carbons (Fsp3) is 0.0500. The second-order valence-corrected chi connectivity index (χ2v) is 5.97. The van der Waals surface area contributed by atoms with Crippen molar-refractivity contribution in [3.8, 4) is 11.3 Å². The summed E-state index contributed by atoms with van der Waals surface area (Å²) < 4.78 is 5.60. The molecule has 0 aliphatic heterocycles. The lowest BCUT2D eigenvalue weighted by molar-refractivity contribution is -0.384. The summed E-state index contributed by atoms with van der Waals surface area (Å²) >= 11 is 0. The van der Waals surface area contributed by atoms with Crippen molar-refractivity contribution >= 4 is 29.4 Å². The molecule has 0 aliphatic carbocycles. The molecule has 2 aromatic carbocycles. The minimum absolute atomic E-state index is 0.00706. The zero-order chi connectivity index (χ0) is 20.8. The maximum atomic E-state index is 12.2. The van der Waals surface area contributed by atoms with Crippen LogP contribution in [-0.2, 0) is 4.79 Å². The van der Waals surface area contributed by atoms with E-state index in [-0.39, 0.29) is 11.6 Å². The fourth-order valence-electron chi connectivity index (χ4n) is 2.49. The average Bonchev–Trinajstić information content (AvgIpc) is 3.16. The van der Waals surface area contributed by atoms with Crippen LogP contribution in [0.2, 0.25) is 0 Å². The van der Waals surface area contributed by atoms with Crippen LogP contribution in [0.15, 0.2) is 70.2 Å². The number of carbonyl (C=O) groups is 2. The molecule has 1 aromatic heterocycles. The van der Waals surface area contributed by atoms with E-state index in [1.54, 1.807) is 42.5 Å². The highest BCUT2D eigenvalue weighted by molar-refractivity contribution is 5.97. The first-order valence-corrected chi connectivity index (χ1v) is 8.48. The van der Waals surface area contributed by atoms with E-state index in [1.807, 2.05) is 0 Å². The number of non-ortho nitro benzene ring substituents is 1. The van der Waals surface area contributed by atoms with Crippen LogP contribution in [-0.4, -0.2) is 23.0 Å². The molecule has 2 N–H and O–H groups in total. The molecule has 29 heavy (non-hydrogen) atoms. The summed E-state index contributed by atoms with van der Waals surface area (Å²) in [5.41, 5.74) is 3.89. The van der Waals surface area contributed by atoms with Gasteiger partial charge in [0.2, 0.25) is 5.91 Å². The van der Waals surface area contributed by atoms with Crippen molar-refractivity contribution in [1.29, 1.82) is 0 Å². The zero-order valence-corrected chi connectivity index (χ0v) is 15.3. The highest BCUT2D eigenvalue weighted by atomic mass is 16.6. The summed E-state index contributed by atoms with van der Waals surface area (Å²) in [6.45, 7) is 1.38. The molecule has 0 fully saturated rings. The van der Waals surface area contributed by atoms with Gasteiger partial charge in [-0.15, -0.1) is 0 Å². The minimum Gasteiger partial charge on any atom is -0.455 e. The summed E-state index contributed by atoms with van der Waals surface area (Å²) in [6.07, 6.45) is 1.34. The lowest BCUT2D eigenvalue weighted by Gasteiger charge is -2.04. The number of nitrogens with one attached hydrogen (secondary N) is 2. The van der Waals surface area contributed by atoms with Crippen LogP contribution in [0.5, 0.6) is 0 Å². The third-order valence-electron chi connectivity index (χ3n) is 3.79. The van der Waals surface area contributed by atoms with Crippen LogP contribution >= 0.6 is 0 Å². The molecule has 0 radical (unpaired) electrons. The molecule has 9 nitrogen and oxygen atoms in total. The van der Waals surface area contributed by atoms with Gasteiger partial charge in [0, 0.05) is 35.9 Å². The second kappa shape index (κ2) is 8.61. The van der Waals surface area contributed by atoms with Gasteiger partial charge in [0.1, 0.15) is 11.5 Å². The maximum absolute atomic E-state index is 12.2. The number of furan rings is 1. The molecule has 0 saturated heterocycles. The highest BCUT2D eigenvalue weighted by Gasteiger charge is 2.09. The number of hydrogen-bond acceptors (Lipinski definition) is 6. The molecule has 3 aromatic rings. The van der Waals surface area contributed by atoms with Gasteiger partial charge in [0.15, 0.2) is 0 Å². The van der Waals surface area contributed by atoms with E-state index in [4.69, 9.17) is 4.42 Å². The standard InChI is InChI=1S/C20H16N4O5/c1-13(25)22-16-4-2-3-15(11-16)20(26)23-21-12-18-9-10-19(29-18)14-5-7-17(8-6-14)24(27)28/h2-12H,1H3,(H,22,25)(H,23,26)/b21-12-. The number of rotatable bonds is 6. The molecular weight excluding hydrogens is 376 g/mol. The number of nitro groups is 1. The molecular formula is C20H16N4O5. The fourth-order valence-corrected chi connectivity index (χ4v) is 2.49.